The zero-order valence-electron chi connectivity index (χ0n) is 10.6. The fourth-order valence-electron chi connectivity index (χ4n) is 1.47. The maximum absolute atomic E-state index is 11.9. The number of benzene rings is 1. The molecule has 5 heteroatoms. The van der Waals surface area contributed by atoms with Crippen LogP contribution in [-0.4, -0.2) is 37.3 Å². The van der Waals surface area contributed by atoms with E-state index in [0.29, 0.717) is 5.75 Å². The number of aryl methyl sites for hydroxylation is 2. The maximum Gasteiger partial charge on any atom is 0.250 e. The van der Waals surface area contributed by atoms with Crippen LogP contribution in [0.5, 0.6) is 5.75 Å². The highest BCUT2D eigenvalue weighted by Crippen LogP contribution is 2.19. The molecule has 0 amide bonds. The summed E-state index contributed by atoms with van der Waals surface area (Å²) in [5, 5.41) is 12.0. The number of aliphatic hydroxyl groups is 1. The molecule has 102 valence electrons. The average Bonchev–Trinajstić information content (AvgIpc) is 2.30. The molecule has 0 heterocycles. The van der Waals surface area contributed by atoms with Crippen molar-refractivity contribution >= 4 is 0 Å². The first kappa shape index (κ1) is 14.9. The molecular weight excluding hydrogens is 240 g/mol. The average molecular weight is 259 g/mol. The molecule has 0 aliphatic rings. The zero-order chi connectivity index (χ0) is 13.5. The highest BCUT2D eigenvalue weighted by atomic mass is 19.3. The third kappa shape index (κ3) is 5.42. The summed E-state index contributed by atoms with van der Waals surface area (Å²) in [5.41, 5.74) is 2.05. The summed E-state index contributed by atoms with van der Waals surface area (Å²) in [7, 11) is 0. The van der Waals surface area contributed by atoms with Crippen LogP contribution in [-0.2, 0) is 0 Å². The van der Waals surface area contributed by atoms with E-state index < -0.39 is 19.1 Å². The Morgan fingerprint density at radius 1 is 1.28 bits per heavy atom. The van der Waals surface area contributed by atoms with Crippen LogP contribution in [0.15, 0.2) is 18.2 Å². The largest absolute Gasteiger partial charge is 0.491 e. The van der Waals surface area contributed by atoms with Crippen molar-refractivity contribution in [2.24, 2.45) is 0 Å². The number of ether oxygens (including phenoxy) is 1. The van der Waals surface area contributed by atoms with Gasteiger partial charge in [0.15, 0.2) is 0 Å². The summed E-state index contributed by atoms with van der Waals surface area (Å²) in [6.45, 7) is 3.62. The molecule has 0 aliphatic heterocycles. The van der Waals surface area contributed by atoms with Crippen molar-refractivity contribution in [3.8, 4) is 5.75 Å². The Labute approximate surface area is 106 Å². The van der Waals surface area contributed by atoms with E-state index in [4.69, 9.17) is 4.74 Å². The molecule has 2 N–H and O–H groups in total. The van der Waals surface area contributed by atoms with Gasteiger partial charge in [-0.05, 0) is 31.0 Å². The highest BCUT2D eigenvalue weighted by molar-refractivity contribution is 5.35. The van der Waals surface area contributed by atoms with Crippen molar-refractivity contribution in [1.29, 1.82) is 0 Å². The van der Waals surface area contributed by atoms with Gasteiger partial charge in [0, 0.05) is 6.54 Å². The van der Waals surface area contributed by atoms with Gasteiger partial charge in [-0.1, -0.05) is 12.1 Å². The Balaban J connectivity index is 2.33. The molecule has 0 spiro atoms. The minimum Gasteiger partial charge on any atom is -0.491 e. The van der Waals surface area contributed by atoms with E-state index in [-0.39, 0.29) is 13.2 Å². The number of aliphatic hydroxyl groups excluding tert-OH is 1. The van der Waals surface area contributed by atoms with E-state index in [0.717, 1.165) is 11.1 Å². The van der Waals surface area contributed by atoms with E-state index in [1.165, 1.54) is 0 Å². The molecule has 1 unspecified atom stereocenters. The number of halogens is 2. The van der Waals surface area contributed by atoms with Gasteiger partial charge in [-0.15, -0.1) is 0 Å². The van der Waals surface area contributed by atoms with Gasteiger partial charge in [-0.25, -0.2) is 8.78 Å². The first-order valence-electron chi connectivity index (χ1n) is 5.86. The molecule has 0 aliphatic carbocycles. The quantitative estimate of drug-likeness (QED) is 0.786. The van der Waals surface area contributed by atoms with E-state index >= 15 is 0 Å². The van der Waals surface area contributed by atoms with Crippen LogP contribution in [0.1, 0.15) is 11.1 Å². The van der Waals surface area contributed by atoms with Gasteiger partial charge in [0.1, 0.15) is 18.5 Å². The third-order valence-corrected chi connectivity index (χ3v) is 2.45. The zero-order valence-corrected chi connectivity index (χ0v) is 10.6. The van der Waals surface area contributed by atoms with Crippen molar-refractivity contribution < 1.29 is 18.6 Å². The predicted octanol–water partition coefficient (Wildman–Crippen LogP) is 1.90. The van der Waals surface area contributed by atoms with Crippen molar-refractivity contribution in [3.05, 3.63) is 29.3 Å². The molecule has 1 aromatic carbocycles. The third-order valence-electron chi connectivity index (χ3n) is 2.45. The normalized spacial score (nSPS) is 12.8. The van der Waals surface area contributed by atoms with E-state index in [1.807, 2.05) is 32.0 Å². The minimum absolute atomic E-state index is 0.0839. The molecule has 0 saturated carbocycles. The van der Waals surface area contributed by atoms with Crippen molar-refractivity contribution in [2.45, 2.75) is 26.4 Å². The lowest BCUT2D eigenvalue weighted by Crippen LogP contribution is -2.34. The van der Waals surface area contributed by atoms with E-state index in [9.17, 15) is 13.9 Å². The van der Waals surface area contributed by atoms with Gasteiger partial charge in [-0.3, -0.25) is 0 Å². The first-order chi connectivity index (χ1) is 8.49. The molecule has 0 saturated heterocycles. The Bertz CT molecular complexity index is 372. The van der Waals surface area contributed by atoms with E-state index in [2.05, 4.69) is 5.32 Å². The van der Waals surface area contributed by atoms with Gasteiger partial charge in [-0.2, -0.15) is 0 Å². The molecule has 0 fully saturated rings. The summed E-state index contributed by atoms with van der Waals surface area (Å²) in [6.07, 6.45) is -3.21. The summed E-state index contributed by atoms with van der Waals surface area (Å²) in [5.74, 6) is 0.711. The van der Waals surface area contributed by atoms with Crippen LogP contribution in [0.2, 0.25) is 0 Å². The van der Waals surface area contributed by atoms with Crippen LogP contribution in [0.25, 0.3) is 0 Å². The number of hydrogen-bond donors (Lipinski definition) is 2. The summed E-state index contributed by atoms with van der Waals surface area (Å²) >= 11 is 0. The minimum atomic E-state index is -2.41. The van der Waals surface area contributed by atoms with Gasteiger partial charge < -0.3 is 15.2 Å². The van der Waals surface area contributed by atoms with Gasteiger partial charge in [0.25, 0.3) is 6.43 Å². The molecular formula is C13H19F2NO2. The predicted molar refractivity (Wildman–Crippen MR) is 66.3 cm³/mol. The summed E-state index contributed by atoms with van der Waals surface area (Å²) in [6, 6.07) is 5.80. The Hall–Kier alpha value is -1.20. The highest BCUT2D eigenvalue weighted by Gasteiger charge is 2.08. The van der Waals surface area contributed by atoms with Gasteiger partial charge in [0.2, 0.25) is 0 Å². The monoisotopic (exact) mass is 259 g/mol. The molecule has 0 radical (unpaired) electrons. The Morgan fingerprint density at radius 2 is 2.00 bits per heavy atom. The summed E-state index contributed by atoms with van der Waals surface area (Å²) < 4.78 is 29.2. The molecule has 18 heavy (non-hydrogen) atoms. The van der Waals surface area contributed by atoms with Crippen molar-refractivity contribution in [1.82, 2.24) is 5.32 Å². The van der Waals surface area contributed by atoms with Crippen LogP contribution in [0.4, 0.5) is 8.78 Å². The smallest absolute Gasteiger partial charge is 0.250 e. The maximum atomic E-state index is 11.9. The first-order valence-corrected chi connectivity index (χ1v) is 5.86. The van der Waals surface area contributed by atoms with Crippen molar-refractivity contribution in [3.63, 3.8) is 0 Å². The topological polar surface area (TPSA) is 41.5 Å². The lowest BCUT2D eigenvalue weighted by atomic mass is 10.1. The fraction of sp³-hybridized carbons (Fsp3) is 0.538. The van der Waals surface area contributed by atoms with Crippen LogP contribution in [0, 0.1) is 13.8 Å². The second-order valence-electron chi connectivity index (χ2n) is 4.28. The van der Waals surface area contributed by atoms with Gasteiger partial charge >= 0.3 is 0 Å². The number of nitrogens with one attached hydrogen (secondary N) is 1. The van der Waals surface area contributed by atoms with Crippen molar-refractivity contribution in [2.75, 3.05) is 19.7 Å². The fourth-order valence-corrected chi connectivity index (χ4v) is 1.47. The second-order valence-corrected chi connectivity index (χ2v) is 4.28. The Morgan fingerprint density at radius 3 is 2.67 bits per heavy atom. The molecule has 0 bridgehead atoms. The standard InChI is InChI=1S/C13H19F2NO2/c1-9-3-4-10(2)12(5-9)18-8-11(17)6-16-7-13(14)15/h3-5,11,13,16-17H,6-8H2,1-2H3. The SMILES string of the molecule is Cc1ccc(C)c(OCC(O)CNCC(F)F)c1. The molecule has 1 atom stereocenters. The lowest BCUT2D eigenvalue weighted by molar-refractivity contribution is 0.0948. The molecule has 1 rings (SSSR count). The number of alkyl halides is 2. The van der Waals surface area contributed by atoms with Crippen LogP contribution >= 0.6 is 0 Å². The van der Waals surface area contributed by atoms with Crippen LogP contribution in [0.3, 0.4) is 0 Å². The van der Waals surface area contributed by atoms with E-state index in [1.54, 1.807) is 0 Å². The number of hydrogen-bond acceptors (Lipinski definition) is 3. The van der Waals surface area contributed by atoms with Gasteiger partial charge in [0.05, 0.1) is 6.54 Å². The lowest BCUT2D eigenvalue weighted by Gasteiger charge is -2.14. The summed E-state index contributed by atoms with van der Waals surface area (Å²) in [4.78, 5) is 0. The van der Waals surface area contributed by atoms with Crippen LogP contribution < -0.4 is 10.1 Å². The Kier molecular flexibility index (Phi) is 6.01. The number of rotatable bonds is 7. The second kappa shape index (κ2) is 7.28. The molecule has 0 aromatic heterocycles. The molecule has 3 nitrogen and oxygen atoms in total. The molecule has 1 aromatic rings.